The molecule has 0 aromatic rings. The molecule has 1 rings (SSSR count). The van der Waals surface area contributed by atoms with Crippen molar-refractivity contribution in [1.82, 2.24) is 58.1 Å². The predicted molar refractivity (Wildman–Crippen MR) is 403 cm³/mol. The van der Waals surface area contributed by atoms with Crippen LogP contribution in [-0.4, -0.2) is 264 Å². The molecule has 12 amide bonds. The Labute approximate surface area is 635 Å². The van der Waals surface area contributed by atoms with Crippen molar-refractivity contribution in [2.45, 2.75) is 227 Å². The fraction of sp³-hybridized carbons (Fsp3) is 0.698. The topological polar surface area (TPSA) is 849 Å². The average molecular weight is 1570 g/mol. The second kappa shape index (κ2) is 52.7. The van der Waals surface area contributed by atoms with E-state index in [4.69, 9.17) is 80.3 Å². The molecule has 1 heterocycles. The van der Waals surface area contributed by atoms with Crippen LogP contribution >= 0.6 is 0 Å². The summed E-state index contributed by atoms with van der Waals surface area (Å²) in [4.78, 5) is 213. The average Bonchev–Trinajstić information content (AvgIpc) is 1.64. The van der Waals surface area contributed by atoms with Crippen LogP contribution in [0.15, 0.2) is 25.0 Å². The highest BCUT2D eigenvalue weighted by molar-refractivity contribution is 6.00. The summed E-state index contributed by atoms with van der Waals surface area (Å²) in [5.74, 6) is -16.2. The smallest absolute Gasteiger partial charge is 0.326 e. The zero-order chi connectivity index (χ0) is 83.2. The van der Waals surface area contributed by atoms with Gasteiger partial charge in [-0.05, 0) is 149 Å². The normalized spacial score (nSPS) is 15.5. The third-order valence-corrected chi connectivity index (χ3v) is 16.8. The number of likely N-dealkylation sites (tertiary alicyclic amines) is 1. The Hall–Kier alpha value is -11.2. The molecule has 1 fully saturated rings. The molecular formula is C63H118N30O17. The minimum atomic E-state index is -1.92. The number of aliphatic hydroxyl groups excluding tert-OH is 1. The summed E-state index contributed by atoms with van der Waals surface area (Å²) < 4.78 is 0. The number of aliphatic carboxylic acids is 2. The molecule has 0 spiro atoms. The number of carbonyl (C=O) groups excluding carboxylic acids is 12. The van der Waals surface area contributed by atoms with E-state index in [2.05, 4.69) is 78.1 Å². The molecule has 0 aromatic carbocycles. The molecule has 41 N–H and O–H groups in total. The fourth-order valence-electron chi connectivity index (χ4n) is 10.9. The van der Waals surface area contributed by atoms with Gasteiger partial charge in [-0.25, -0.2) is 4.79 Å². The molecule has 47 heteroatoms. The van der Waals surface area contributed by atoms with E-state index in [1.165, 1.54) is 13.8 Å². The van der Waals surface area contributed by atoms with Gasteiger partial charge in [-0.3, -0.25) is 87.3 Å². The standard InChI is InChI=1S/C63H118N30O17/c1-32(83-48(99)36(15-7-25-78-59(68)69)87-55(106)41(21-22-44(66)95)91-56(107)43-20-12-30-93(43)57(108)46(67)33(2)94)47(98)84-37(16-8-26-79-60(70)71)51(102)88-39(18-10-28-81-62(74)75)53(104)89-38(17-9-27-80-61(72)73)52(103)86-34(13-3-5-23-64)49(100)85-35(14-4-6-24-65)50(101)90-40(19-11-29-82-63(76)77)54(105)92-42(58(109)110)31-45(96)97/h32-43,46,94H,3-31,64-65,67H2,1-2H3,(H2,66,95)(H,83,99)(H,84,98)(H,85,100)(H,86,103)(H,87,106)(H,88,102)(H,89,104)(H,90,101)(H,91,107)(H,92,105)(H,96,97)(H,109,110)(H4,68,69,78)(H4,70,71,79)(H4,72,73,80)(H4,74,75,81)(H4,76,77,82)/t32-,33+,34-,35-,36-,37-,38-,39-,40-,41-,42-,43-,46-/m0/s1. The monoisotopic (exact) mass is 1570 g/mol. The lowest BCUT2D eigenvalue weighted by molar-refractivity contribution is -0.147. The second-order valence-electron chi connectivity index (χ2n) is 26.0. The number of unbranched alkanes of at least 4 members (excludes halogenated alkanes) is 2. The van der Waals surface area contributed by atoms with Crippen LogP contribution in [0.25, 0.3) is 0 Å². The van der Waals surface area contributed by atoms with Gasteiger partial charge < -0.3 is 154 Å². The van der Waals surface area contributed by atoms with Crippen LogP contribution < -0.4 is 133 Å². The van der Waals surface area contributed by atoms with E-state index in [-0.39, 0.29) is 185 Å². The van der Waals surface area contributed by atoms with E-state index in [1.54, 1.807) is 0 Å². The van der Waals surface area contributed by atoms with Crippen molar-refractivity contribution in [2.24, 2.45) is 105 Å². The molecule has 1 aliphatic rings. The lowest BCUT2D eigenvalue weighted by Crippen LogP contribution is -2.60. The quantitative estimate of drug-likeness (QED) is 0.0153. The molecule has 0 aliphatic carbocycles. The van der Waals surface area contributed by atoms with Gasteiger partial charge >= 0.3 is 11.9 Å². The number of carbonyl (C=O) groups is 14. The zero-order valence-corrected chi connectivity index (χ0v) is 62.3. The van der Waals surface area contributed by atoms with E-state index < -0.39 is 174 Å². The third kappa shape index (κ3) is 40.1. The molecule has 47 nitrogen and oxygen atoms in total. The number of amides is 12. The lowest BCUT2D eigenvalue weighted by atomic mass is 10.0. The van der Waals surface area contributed by atoms with Gasteiger partial charge in [0.2, 0.25) is 70.9 Å². The van der Waals surface area contributed by atoms with Crippen molar-refractivity contribution >= 4 is 113 Å². The molecule has 110 heavy (non-hydrogen) atoms. The van der Waals surface area contributed by atoms with E-state index >= 15 is 0 Å². The first-order valence-corrected chi connectivity index (χ1v) is 36.0. The summed E-state index contributed by atoms with van der Waals surface area (Å²) in [5, 5.41) is 54.2. The van der Waals surface area contributed by atoms with Gasteiger partial charge in [0.15, 0.2) is 29.8 Å². The molecule has 0 saturated carbocycles. The Morgan fingerprint density at radius 3 is 0.945 bits per heavy atom. The molecule has 0 unspecified atom stereocenters. The first-order chi connectivity index (χ1) is 51.8. The first kappa shape index (κ1) is 96.8. The van der Waals surface area contributed by atoms with Crippen molar-refractivity contribution in [3.05, 3.63) is 0 Å². The minimum Gasteiger partial charge on any atom is -0.481 e. The Balaban J connectivity index is 3.88. The number of guanidine groups is 5. The van der Waals surface area contributed by atoms with E-state index in [0.717, 1.165) is 4.90 Å². The molecule has 0 bridgehead atoms. The van der Waals surface area contributed by atoms with Crippen molar-refractivity contribution in [1.29, 1.82) is 0 Å². The molecule has 13 atom stereocenters. The van der Waals surface area contributed by atoms with Crippen LogP contribution in [0.3, 0.4) is 0 Å². The Kier molecular flexibility index (Phi) is 46.4. The maximum absolute atomic E-state index is 14.8. The highest BCUT2D eigenvalue weighted by atomic mass is 16.4. The van der Waals surface area contributed by atoms with Crippen molar-refractivity contribution in [3.8, 4) is 0 Å². The molecule has 0 aromatic heterocycles. The van der Waals surface area contributed by atoms with E-state index in [0.29, 0.717) is 19.3 Å². The van der Waals surface area contributed by atoms with Gasteiger partial charge in [0.1, 0.15) is 72.5 Å². The van der Waals surface area contributed by atoms with Crippen LogP contribution in [0, 0.1) is 0 Å². The molecule has 1 saturated heterocycles. The number of aliphatic hydroxyl groups is 1. The summed E-state index contributed by atoms with van der Waals surface area (Å²) in [6.45, 7) is 2.51. The molecule has 1 aliphatic heterocycles. The Morgan fingerprint density at radius 1 is 0.391 bits per heavy atom. The number of primary amides is 1. The number of carboxylic acids is 2. The predicted octanol–water partition coefficient (Wildman–Crippen LogP) is -12.1. The highest BCUT2D eigenvalue weighted by Gasteiger charge is 2.40. The van der Waals surface area contributed by atoms with Crippen molar-refractivity contribution in [2.75, 3.05) is 52.4 Å². The lowest BCUT2D eigenvalue weighted by Gasteiger charge is -2.29. The van der Waals surface area contributed by atoms with Gasteiger partial charge in [0.25, 0.3) is 0 Å². The number of nitrogens with zero attached hydrogens (tertiary/aromatic N) is 6. The molecular weight excluding hydrogens is 1450 g/mol. The van der Waals surface area contributed by atoms with Crippen molar-refractivity contribution < 1.29 is 82.4 Å². The van der Waals surface area contributed by atoms with Crippen LogP contribution in [0.4, 0.5) is 0 Å². The summed E-state index contributed by atoms with van der Waals surface area (Å²) in [6, 6.07) is -18.3. The van der Waals surface area contributed by atoms with Crippen molar-refractivity contribution in [3.63, 3.8) is 0 Å². The number of nitrogens with two attached hydrogens (primary N) is 14. The van der Waals surface area contributed by atoms with Gasteiger partial charge in [0.05, 0.1) is 12.5 Å². The summed E-state index contributed by atoms with van der Waals surface area (Å²) in [6.07, 6.45) is -2.85. The van der Waals surface area contributed by atoms with Gasteiger partial charge in [0, 0.05) is 45.7 Å². The van der Waals surface area contributed by atoms with Gasteiger partial charge in [-0.2, -0.15) is 0 Å². The number of carboxylic acid groups (broad SMARTS) is 2. The second-order valence-corrected chi connectivity index (χ2v) is 26.0. The number of hydrogen-bond donors (Lipinski definition) is 27. The summed E-state index contributed by atoms with van der Waals surface area (Å²) in [7, 11) is 0. The summed E-state index contributed by atoms with van der Waals surface area (Å²) in [5.41, 5.74) is 78.4. The number of hydrogen-bond acceptors (Lipinski definition) is 23. The largest absolute Gasteiger partial charge is 0.481 e. The minimum absolute atomic E-state index is 0.00129. The van der Waals surface area contributed by atoms with E-state index in [1.807, 2.05) is 0 Å². The number of nitrogens with one attached hydrogen (secondary N) is 10. The number of rotatable bonds is 56. The number of aliphatic imine (C=N–C) groups is 5. The molecule has 0 radical (unpaired) electrons. The molecule has 622 valence electrons. The first-order valence-electron chi connectivity index (χ1n) is 36.0. The fourth-order valence-corrected chi connectivity index (χ4v) is 10.9. The SMILES string of the molecule is C[C@H](NC(=O)[C@H](CCCN=C(N)N)NC(=O)[C@H](CCC(N)=O)NC(=O)[C@@H]1CCCN1C(=O)[C@@H](N)[C@@H](C)O)C(=O)N[C@@H](CCCN=C(N)N)C(=O)N[C@@H](CCCN=C(N)N)C(=O)N[C@@H](CCCN=C(N)N)C(=O)N[C@@H](CCCCN)C(=O)N[C@@H](CCCCN)C(=O)N[C@@H](CCCN=C(N)N)C(=O)N[C@@H](CC(=O)O)C(=O)O. The third-order valence-electron chi connectivity index (χ3n) is 16.8. The van der Waals surface area contributed by atoms with E-state index in [9.17, 15) is 82.4 Å². The highest BCUT2D eigenvalue weighted by Crippen LogP contribution is 2.20. The maximum Gasteiger partial charge on any atom is 0.326 e. The van der Waals surface area contributed by atoms with Gasteiger partial charge in [-0.15, -0.1) is 0 Å². The van der Waals surface area contributed by atoms with Crippen LogP contribution in [0.5, 0.6) is 0 Å². The summed E-state index contributed by atoms with van der Waals surface area (Å²) >= 11 is 0. The zero-order valence-electron chi connectivity index (χ0n) is 62.3. The maximum atomic E-state index is 14.8. The Bertz CT molecular complexity index is 3190. The van der Waals surface area contributed by atoms with Crippen LogP contribution in [0.2, 0.25) is 0 Å². The van der Waals surface area contributed by atoms with Gasteiger partial charge in [-0.1, -0.05) is 0 Å². The van der Waals surface area contributed by atoms with Crippen LogP contribution in [-0.2, 0) is 67.1 Å². The Morgan fingerprint density at radius 2 is 0.673 bits per heavy atom. The van der Waals surface area contributed by atoms with Crippen LogP contribution in [0.1, 0.15) is 149 Å².